The number of likely N-dealkylation sites (N-methyl/N-ethyl adjacent to an activating group) is 2. The Balaban J connectivity index is 2.05. The first-order chi connectivity index (χ1) is 16.5. The molecule has 0 bridgehead atoms. The summed E-state index contributed by atoms with van der Waals surface area (Å²) in [5, 5.41) is 16.7. The average Bonchev–Trinajstić information content (AvgIpc) is 2.79. The molecule has 188 valence electrons. The summed E-state index contributed by atoms with van der Waals surface area (Å²) in [4.78, 5) is 16.4. The first kappa shape index (κ1) is 26.1. The highest BCUT2D eigenvalue weighted by molar-refractivity contribution is 6.14. The zero-order valence-electron chi connectivity index (χ0n) is 19.8. The molecule has 3 rings (SSSR count). The van der Waals surface area contributed by atoms with Gasteiger partial charge in [0.2, 0.25) is 5.82 Å². The summed E-state index contributed by atoms with van der Waals surface area (Å²) < 4.78 is 45.0. The fourth-order valence-corrected chi connectivity index (χ4v) is 4.63. The second kappa shape index (κ2) is 10.4. The number of hydrogen-bond donors (Lipinski definition) is 5. The van der Waals surface area contributed by atoms with Crippen LogP contribution in [0.1, 0.15) is 29.6 Å². The Morgan fingerprint density at radius 2 is 2.03 bits per heavy atom. The molecule has 12 heteroatoms. The highest BCUT2D eigenvalue weighted by Gasteiger charge is 2.57. The van der Waals surface area contributed by atoms with Gasteiger partial charge in [-0.25, -0.2) is 0 Å². The van der Waals surface area contributed by atoms with Crippen molar-refractivity contribution >= 4 is 41.3 Å². The number of amides is 1. The Morgan fingerprint density at radius 1 is 1.31 bits per heavy atom. The van der Waals surface area contributed by atoms with Gasteiger partial charge in [0.1, 0.15) is 5.82 Å². The molecule has 0 saturated heterocycles. The van der Waals surface area contributed by atoms with Crippen molar-refractivity contribution in [2.24, 2.45) is 10.8 Å². The fraction of sp³-hybridized carbons (Fsp3) is 0.391. The molecule has 6 N–H and O–H groups in total. The third-order valence-corrected chi connectivity index (χ3v) is 6.14. The average molecular weight is 492 g/mol. The summed E-state index contributed by atoms with van der Waals surface area (Å²) in [6.45, 7) is 0. The minimum atomic E-state index is -3.06. The lowest BCUT2D eigenvalue weighted by Gasteiger charge is -2.46. The maximum absolute atomic E-state index is 15.3. The molecule has 1 heterocycles. The number of rotatable bonds is 9. The molecule has 1 aliphatic carbocycles. The number of hydrogen-bond acceptors (Lipinski definition) is 7. The van der Waals surface area contributed by atoms with Gasteiger partial charge in [0, 0.05) is 18.3 Å². The van der Waals surface area contributed by atoms with E-state index in [4.69, 9.17) is 11.1 Å². The molecule has 2 aromatic rings. The van der Waals surface area contributed by atoms with E-state index in [0.29, 0.717) is 24.2 Å². The topological polar surface area (TPSA) is 128 Å². The van der Waals surface area contributed by atoms with Crippen LogP contribution < -0.4 is 26.3 Å². The summed E-state index contributed by atoms with van der Waals surface area (Å²) in [7, 11) is 4.58. The number of benzene rings is 1. The van der Waals surface area contributed by atoms with Crippen LogP contribution in [0.5, 0.6) is 0 Å². The van der Waals surface area contributed by atoms with Crippen molar-refractivity contribution in [1.29, 1.82) is 5.41 Å². The molecular formula is C23H30F3N8O+. The number of nitrogens with zero attached hydrogens (tertiary/aromatic N) is 3. The van der Waals surface area contributed by atoms with Crippen LogP contribution in [0.3, 0.4) is 0 Å². The fourth-order valence-electron chi connectivity index (χ4n) is 4.63. The largest absolute Gasteiger partial charge is 0.365 e. The van der Waals surface area contributed by atoms with Crippen LogP contribution in [0.15, 0.2) is 35.4 Å². The lowest BCUT2D eigenvalue weighted by molar-refractivity contribution is -0.104. The lowest BCUT2D eigenvalue weighted by atomic mass is 9.84. The Bertz CT molecular complexity index is 1120. The van der Waals surface area contributed by atoms with Gasteiger partial charge in [0.05, 0.1) is 37.6 Å². The highest BCUT2D eigenvalue weighted by Crippen LogP contribution is 2.42. The summed E-state index contributed by atoms with van der Waals surface area (Å²) in [5.74, 6) is -5.18. The van der Waals surface area contributed by atoms with Crippen molar-refractivity contribution in [1.82, 2.24) is 14.8 Å². The van der Waals surface area contributed by atoms with E-state index in [0.717, 1.165) is 12.3 Å². The predicted octanol–water partition coefficient (Wildman–Crippen LogP) is 3.45. The van der Waals surface area contributed by atoms with E-state index < -0.39 is 34.2 Å². The molecule has 0 radical (unpaired) electrons. The molecule has 0 aliphatic heterocycles. The van der Waals surface area contributed by atoms with Crippen molar-refractivity contribution in [3.8, 4) is 0 Å². The number of anilines is 3. The number of nitrogens with one attached hydrogen (secondary N) is 4. The smallest absolute Gasteiger partial charge is 0.300 e. The number of alkyl halides is 2. The minimum absolute atomic E-state index is 0.0552. The number of primary amides is 1. The zero-order valence-corrected chi connectivity index (χ0v) is 19.8. The Labute approximate surface area is 201 Å². The minimum Gasteiger partial charge on any atom is -0.365 e. The first-order valence-corrected chi connectivity index (χ1v) is 11.1. The normalized spacial score (nSPS) is 19.9. The van der Waals surface area contributed by atoms with E-state index in [1.165, 1.54) is 20.3 Å². The summed E-state index contributed by atoms with van der Waals surface area (Å²) >= 11 is 0. The molecule has 1 amide bonds. The third kappa shape index (κ3) is 5.60. The standard InChI is InChI=1S/C23H29F3N8O/c1-29-18-8-5-9-23(25,26)19(18)34(2,3)22-17(24)13-16(20(28)35)21(32-22)31-14-6-4-7-15(12-14)33-30-11-10-27/h4,6-7,10-13,18-19,29H,5,8-9H2,1-3H3,(H4-,27,28,31,32,33,35)/p+1. The second-order valence-electron chi connectivity index (χ2n) is 8.85. The van der Waals surface area contributed by atoms with Crippen molar-refractivity contribution in [3.05, 3.63) is 41.7 Å². The van der Waals surface area contributed by atoms with E-state index in [2.05, 4.69) is 26.1 Å². The number of carbonyl (C=O) groups is 1. The van der Waals surface area contributed by atoms with E-state index in [-0.39, 0.29) is 23.6 Å². The van der Waals surface area contributed by atoms with Crippen LogP contribution in [-0.2, 0) is 0 Å². The molecule has 1 aromatic heterocycles. The number of pyridine rings is 1. The number of hydrazone groups is 1. The van der Waals surface area contributed by atoms with Crippen molar-refractivity contribution < 1.29 is 18.0 Å². The lowest BCUT2D eigenvalue weighted by Crippen LogP contribution is -2.68. The van der Waals surface area contributed by atoms with Gasteiger partial charge in [-0.2, -0.15) is 23.3 Å². The summed E-state index contributed by atoms with van der Waals surface area (Å²) in [6.07, 6.45) is 2.83. The molecule has 1 saturated carbocycles. The highest BCUT2D eigenvalue weighted by atomic mass is 19.3. The molecule has 1 aromatic carbocycles. The second-order valence-corrected chi connectivity index (χ2v) is 8.85. The van der Waals surface area contributed by atoms with Gasteiger partial charge in [0.15, 0.2) is 6.04 Å². The van der Waals surface area contributed by atoms with E-state index in [1.54, 1.807) is 31.3 Å². The number of quaternary nitrogens is 1. The van der Waals surface area contributed by atoms with Crippen molar-refractivity contribution in [2.45, 2.75) is 37.3 Å². The molecule has 0 spiro atoms. The maximum Gasteiger partial charge on any atom is 0.300 e. The Kier molecular flexibility index (Phi) is 7.76. The maximum atomic E-state index is 15.3. The number of aromatic nitrogens is 1. The van der Waals surface area contributed by atoms with Gasteiger partial charge < -0.3 is 21.8 Å². The van der Waals surface area contributed by atoms with E-state index >= 15 is 13.2 Å². The van der Waals surface area contributed by atoms with Crippen LogP contribution in [-0.4, -0.2) is 62.5 Å². The van der Waals surface area contributed by atoms with Gasteiger partial charge in [-0.15, -0.1) is 0 Å². The molecular weight excluding hydrogens is 461 g/mol. The van der Waals surface area contributed by atoms with Gasteiger partial charge in [-0.3, -0.25) is 14.7 Å². The SMILES string of the molecule is CNC1CCCC(F)(F)C1[N+](C)(C)c1nc(Nc2cccc(NN=CC=N)c2)c(C(N)=O)cc1F. The Hall–Kier alpha value is -3.51. The molecule has 9 nitrogen and oxygen atoms in total. The number of carbonyl (C=O) groups excluding carboxylic acids is 1. The number of halogens is 3. The molecule has 1 fully saturated rings. The molecule has 2 atom stereocenters. The van der Waals surface area contributed by atoms with Crippen LogP contribution in [0.2, 0.25) is 0 Å². The Morgan fingerprint density at radius 3 is 2.69 bits per heavy atom. The zero-order chi connectivity index (χ0) is 25.8. The van der Waals surface area contributed by atoms with Gasteiger partial charge in [-0.05, 0) is 44.2 Å². The van der Waals surface area contributed by atoms with Gasteiger partial charge >= 0.3 is 0 Å². The third-order valence-electron chi connectivity index (χ3n) is 6.14. The van der Waals surface area contributed by atoms with Crippen molar-refractivity contribution in [2.75, 3.05) is 31.9 Å². The predicted molar refractivity (Wildman–Crippen MR) is 132 cm³/mol. The molecule has 2 unspecified atom stereocenters. The quantitative estimate of drug-likeness (QED) is 0.209. The van der Waals surface area contributed by atoms with Crippen molar-refractivity contribution in [3.63, 3.8) is 0 Å². The van der Waals surface area contributed by atoms with Gasteiger partial charge in [-0.1, -0.05) is 6.07 Å². The summed E-state index contributed by atoms with van der Waals surface area (Å²) in [5.41, 5.74) is 9.01. The molecule has 35 heavy (non-hydrogen) atoms. The van der Waals surface area contributed by atoms with Gasteiger partial charge in [0.25, 0.3) is 17.6 Å². The first-order valence-electron chi connectivity index (χ1n) is 11.1. The molecule has 1 aliphatic rings. The van der Waals surface area contributed by atoms with E-state index in [1.807, 2.05) is 0 Å². The van der Waals surface area contributed by atoms with E-state index in [9.17, 15) is 4.79 Å². The van der Waals surface area contributed by atoms with Crippen LogP contribution in [0.4, 0.5) is 36.2 Å². The van der Waals surface area contributed by atoms with Crippen LogP contribution in [0, 0.1) is 11.2 Å². The monoisotopic (exact) mass is 491 g/mol. The number of nitrogens with two attached hydrogens (primary N) is 1. The van der Waals surface area contributed by atoms with Crippen LogP contribution in [0.25, 0.3) is 0 Å². The summed E-state index contributed by atoms with van der Waals surface area (Å²) in [6, 6.07) is 5.81. The van der Waals surface area contributed by atoms with Crippen LogP contribution >= 0.6 is 0 Å².